The first-order chi connectivity index (χ1) is 11.9. The number of quaternary nitrogens is 1. The first kappa shape index (κ1) is 21.6. The van der Waals surface area contributed by atoms with Crippen molar-refractivity contribution in [3.8, 4) is 0 Å². The minimum absolute atomic E-state index is 0.181. The van der Waals surface area contributed by atoms with Crippen LogP contribution in [0.2, 0.25) is 0 Å². The van der Waals surface area contributed by atoms with Crippen LogP contribution in [0, 0.1) is 0 Å². The van der Waals surface area contributed by atoms with Gasteiger partial charge in [-0.2, -0.15) is 0 Å². The van der Waals surface area contributed by atoms with Crippen molar-refractivity contribution in [3.63, 3.8) is 0 Å². The third-order valence-electron chi connectivity index (χ3n) is 3.18. The van der Waals surface area contributed by atoms with Crippen LogP contribution in [0.1, 0.15) is 13.8 Å². The van der Waals surface area contributed by atoms with Crippen LogP contribution in [0.25, 0.3) is 0 Å². The fourth-order valence-electron chi connectivity index (χ4n) is 2.17. The van der Waals surface area contributed by atoms with Crippen molar-refractivity contribution in [2.75, 3.05) is 0 Å². The van der Waals surface area contributed by atoms with Gasteiger partial charge in [0.15, 0.2) is 0 Å². The predicted molar refractivity (Wildman–Crippen MR) is 109 cm³/mol. The Morgan fingerprint density at radius 2 is 1.36 bits per heavy atom. The third-order valence-corrected chi connectivity index (χ3v) is 3.79. The number of halogens is 3. The summed E-state index contributed by atoms with van der Waals surface area (Å²) in [4.78, 5) is 11.4. The first-order valence-corrected chi connectivity index (χ1v) is 9.02. The average molecular weight is 399 g/mol. The molecule has 0 aliphatic carbocycles. The molecule has 1 amide bonds. The van der Waals surface area contributed by atoms with E-state index in [2.05, 4.69) is 11.0 Å². The van der Waals surface area contributed by atoms with Gasteiger partial charge in [0.1, 0.15) is 0 Å². The lowest BCUT2D eigenvalue weighted by atomic mass is 9.50. The summed E-state index contributed by atoms with van der Waals surface area (Å²) in [5.74, 6) is -0.446. The molecule has 3 nitrogen and oxygen atoms in total. The number of nitrogens with one attached hydrogen (secondary N) is 1. The van der Waals surface area contributed by atoms with Crippen LogP contribution in [0.5, 0.6) is 0 Å². The first-order valence-electron chi connectivity index (χ1n) is 7.89. The second-order valence-corrected chi connectivity index (χ2v) is 7.20. The molecule has 132 valence electrons. The second-order valence-electron chi connectivity index (χ2n) is 4.92. The largest absolute Gasteiger partial charge is 0.420 e. The average Bonchev–Trinajstić information content (AvgIpc) is 2.60. The number of carbonyl (C=O) groups is 1. The summed E-state index contributed by atoms with van der Waals surface area (Å²) < 4.78 is -1.75. The van der Waals surface area contributed by atoms with Crippen LogP contribution in [-0.4, -0.2) is 16.5 Å². The molecule has 2 aromatic rings. The Labute approximate surface area is 164 Å². The van der Waals surface area contributed by atoms with E-state index in [0.717, 1.165) is 10.9 Å². The van der Waals surface area contributed by atoms with Crippen LogP contribution in [0.4, 0.5) is 0 Å². The Kier molecular flexibility index (Phi) is 9.08. The molecule has 0 radical (unpaired) electrons. The fraction of sp³-hybridized carbons (Fsp3) is 0.167. The summed E-state index contributed by atoms with van der Waals surface area (Å²) >= 11 is 17.9. The van der Waals surface area contributed by atoms with Crippen LogP contribution in [-0.2, 0) is 4.79 Å². The van der Waals surface area contributed by atoms with Gasteiger partial charge in [-0.15, -0.1) is 0 Å². The summed E-state index contributed by atoms with van der Waals surface area (Å²) in [5.41, 5.74) is 5.46. The number of alkyl halides is 3. The molecule has 25 heavy (non-hydrogen) atoms. The summed E-state index contributed by atoms with van der Waals surface area (Å²) in [6.07, 6.45) is 1.20. The number of hydrogen-bond acceptors (Lipinski definition) is 2. The van der Waals surface area contributed by atoms with Crippen molar-refractivity contribution < 1.29 is 10.5 Å². The zero-order valence-corrected chi connectivity index (χ0v) is 16.4. The topological polar surface area (TPSA) is 56.7 Å². The standard InChI is InChI=1S/C16H14BCl3N2O.C2H6/c18-16(19,20)14(11-15(21)23)22-17(12-7-3-1-4-8-12)13-9-5-2-6-10-13;1-2/h1-11,22H,(H2,21,23);1-2H3/p+1/b14-11-;. The quantitative estimate of drug-likeness (QED) is 0.462. The van der Waals surface area contributed by atoms with Gasteiger partial charge < -0.3 is 5.23 Å². The molecule has 0 spiro atoms. The Morgan fingerprint density at radius 3 is 1.68 bits per heavy atom. The summed E-state index contributed by atoms with van der Waals surface area (Å²) in [7, 11) is 0. The number of amides is 1. The Balaban J connectivity index is 0.00000151. The molecule has 0 aliphatic heterocycles. The number of carbonyl (C=O) groups excluding carboxylic acids is 1. The predicted octanol–water partition coefficient (Wildman–Crippen LogP) is 2.43. The molecule has 0 bridgehead atoms. The van der Waals surface area contributed by atoms with Crippen LogP contribution in [0.3, 0.4) is 0 Å². The molecule has 0 saturated heterocycles. The van der Waals surface area contributed by atoms with E-state index in [0.29, 0.717) is 0 Å². The summed E-state index contributed by atoms with van der Waals surface area (Å²) in [5, 5.41) is 3.16. The Bertz CT molecular complexity index is 649. The summed E-state index contributed by atoms with van der Waals surface area (Å²) in [6, 6.07) is 19.4. The van der Waals surface area contributed by atoms with Crippen molar-refractivity contribution in [2.24, 2.45) is 0 Å². The molecular weight excluding hydrogens is 377 g/mol. The minimum atomic E-state index is -1.75. The highest BCUT2D eigenvalue weighted by atomic mass is 35.6. The molecule has 2 aromatic carbocycles. The number of hydrogen-bond donors (Lipinski definition) is 2. The number of rotatable bonds is 5. The van der Waals surface area contributed by atoms with Gasteiger partial charge >= 0.3 is 12.8 Å². The van der Waals surface area contributed by atoms with Crippen molar-refractivity contribution in [3.05, 3.63) is 72.4 Å². The van der Waals surface area contributed by atoms with E-state index < -0.39 is 9.70 Å². The molecule has 4 N–H and O–H groups in total. The lowest BCUT2D eigenvalue weighted by Gasteiger charge is -2.23. The van der Waals surface area contributed by atoms with Gasteiger partial charge in [0.05, 0.1) is 11.8 Å². The Hall–Kier alpha value is -1.46. The molecule has 7 heteroatoms. The van der Waals surface area contributed by atoms with E-state index in [1.807, 2.05) is 74.5 Å². The van der Waals surface area contributed by atoms with Gasteiger partial charge in [0.2, 0.25) is 3.79 Å². The molecule has 2 rings (SSSR count). The highest BCUT2D eigenvalue weighted by Crippen LogP contribution is 2.32. The van der Waals surface area contributed by atoms with Gasteiger partial charge in [0.25, 0.3) is 0 Å². The van der Waals surface area contributed by atoms with Crippen LogP contribution < -0.4 is 21.9 Å². The highest BCUT2D eigenvalue weighted by molar-refractivity contribution is 6.84. The molecule has 0 atom stereocenters. The SMILES string of the molecule is CC.[NH3+]C(=O)/C=C(\NB(c1ccccc1)c1ccccc1)C(Cl)(Cl)Cl. The zero-order chi connectivity index (χ0) is 18.9. The highest BCUT2D eigenvalue weighted by Gasteiger charge is 2.31. The van der Waals surface area contributed by atoms with E-state index in [9.17, 15) is 4.79 Å². The van der Waals surface area contributed by atoms with Gasteiger partial charge in [-0.3, -0.25) is 5.73 Å². The maximum atomic E-state index is 11.4. The molecule has 0 saturated carbocycles. The van der Waals surface area contributed by atoms with Gasteiger partial charge in [-0.25, -0.2) is 4.79 Å². The van der Waals surface area contributed by atoms with E-state index in [-0.39, 0.29) is 12.5 Å². The fourth-order valence-corrected chi connectivity index (χ4v) is 2.50. The third kappa shape index (κ3) is 7.13. The Morgan fingerprint density at radius 1 is 0.960 bits per heavy atom. The van der Waals surface area contributed by atoms with E-state index in [1.54, 1.807) is 0 Å². The zero-order valence-electron chi connectivity index (χ0n) is 14.2. The smallest absolute Gasteiger partial charge is 0.335 e. The lowest BCUT2D eigenvalue weighted by Crippen LogP contribution is -2.58. The van der Waals surface area contributed by atoms with Gasteiger partial charge in [-0.1, -0.05) is 120 Å². The van der Waals surface area contributed by atoms with Crippen molar-refractivity contribution in [1.82, 2.24) is 5.23 Å². The maximum Gasteiger partial charge on any atom is 0.335 e. The molecular formula is C18H21BCl3N2O+. The van der Waals surface area contributed by atoms with E-state index in [4.69, 9.17) is 34.8 Å². The van der Waals surface area contributed by atoms with Gasteiger partial charge in [-0.05, 0) is 0 Å². The minimum Gasteiger partial charge on any atom is -0.420 e. The summed E-state index contributed by atoms with van der Waals surface area (Å²) in [6.45, 7) is 3.73. The van der Waals surface area contributed by atoms with Crippen LogP contribution >= 0.6 is 34.8 Å². The van der Waals surface area contributed by atoms with Crippen molar-refractivity contribution in [2.45, 2.75) is 17.6 Å². The molecule has 0 aliphatic rings. The van der Waals surface area contributed by atoms with Crippen molar-refractivity contribution in [1.29, 1.82) is 0 Å². The number of allylic oxidation sites excluding steroid dienone is 1. The van der Waals surface area contributed by atoms with Crippen LogP contribution in [0.15, 0.2) is 72.4 Å². The normalized spacial score (nSPS) is 11.2. The van der Waals surface area contributed by atoms with E-state index >= 15 is 0 Å². The molecule has 0 unspecified atom stereocenters. The van der Waals surface area contributed by atoms with Gasteiger partial charge in [0, 0.05) is 0 Å². The maximum absolute atomic E-state index is 11.4. The molecule has 0 aromatic heterocycles. The lowest BCUT2D eigenvalue weighted by molar-refractivity contribution is -0.297. The second kappa shape index (κ2) is 10.5. The van der Waals surface area contributed by atoms with E-state index in [1.165, 1.54) is 6.08 Å². The molecule has 0 fully saturated rings. The number of benzene rings is 2. The molecule has 0 heterocycles. The monoisotopic (exact) mass is 397 g/mol. The van der Waals surface area contributed by atoms with Crippen molar-refractivity contribution >= 4 is 58.5 Å².